The van der Waals surface area contributed by atoms with E-state index in [4.69, 9.17) is 4.74 Å². The van der Waals surface area contributed by atoms with Gasteiger partial charge in [0.25, 0.3) is 5.56 Å². The van der Waals surface area contributed by atoms with Gasteiger partial charge >= 0.3 is 5.97 Å². The number of ketones is 1. The van der Waals surface area contributed by atoms with E-state index < -0.39 is 5.92 Å². The molecule has 0 saturated carbocycles. The fraction of sp³-hybridized carbons (Fsp3) is 0.462. The van der Waals surface area contributed by atoms with Crippen LogP contribution in [0, 0.1) is 0 Å². The molecule has 1 aromatic heterocycles. The van der Waals surface area contributed by atoms with Crippen LogP contribution in [0.15, 0.2) is 10.9 Å². The monoisotopic (exact) mass is 247 g/mol. The van der Waals surface area contributed by atoms with E-state index in [1.165, 1.54) is 4.57 Å². The molecule has 1 unspecified atom stereocenters. The Labute approximate surface area is 103 Å². The summed E-state index contributed by atoms with van der Waals surface area (Å²) in [6.45, 7) is 2.33. The number of fused-ring (bicyclic) bond motifs is 2. The van der Waals surface area contributed by atoms with Crippen LogP contribution in [0.3, 0.4) is 0 Å². The van der Waals surface area contributed by atoms with E-state index in [0.29, 0.717) is 36.2 Å². The maximum atomic E-state index is 12.2. The fourth-order valence-electron chi connectivity index (χ4n) is 2.72. The van der Waals surface area contributed by atoms with Gasteiger partial charge in [-0.1, -0.05) is 6.92 Å². The third kappa shape index (κ3) is 1.36. The Hall–Kier alpha value is -1.91. The number of carbonyl (C=O) groups excluding carboxylic acids is 2. The largest absolute Gasteiger partial charge is 0.460 e. The number of aromatic nitrogens is 1. The summed E-state index contributed by atoms with van der Waals surface area (Å²) >= 11 is 0. The summed E-state index contributed by atoms with van der Waals surface area (Å²) in [7, 11) is 0. The van der Waals surface area contributed by atoms with Gasteiger partial charge in [-0.25, -0.2) is 0 Å². The minimum absolute atomic E-state index is 0.0244. The van der Waals surface area contributed by atoms with Gasteiger partial charge in [0.05, 0.1) is 17.2 Å². The summed E-state index contributed by atoms with van der Waals surface area (Å²) in [6.07, 6.45) is 0.937. The maximum absolute atomic E-state index is 12.2. The molecule has 0 spiro atoms. The SMILES string of the molecule is CCC1C(=O)OCc2c1cc1n(c2=O)CCC1=O. The van der Waals surface area contributed by atoms with E-state index >= 15 is 0 Å². The number of esters is 1. The molecule has 0 amide bonds. The van der Waals surface area contributed by atoms with Gasteiger partial charge in [-0.15, -0.1) is 0 Å². The second-order valence-corrected chi connectivity index (χ2v) is 4.66. The van der Waals surface area contributed by atoms with Crippen molar-refractivity contribution in [2.45, 2.75) is 38.8 Å². The summed E-state index contributed by atoms with van der Waals surface area (Å²) in [5.41, 5.74) is 1.46. The Bertz CT molecular complexity index is 614. The minimum atomic E-state index is -0.416. The molecule has 2 aliphatic rings. The lowest BCUT2D eigenvalue weighted by Crippen LogP contribution is -2.32. The molecule has 0 aliphatic carbocycles. The lowest BCUT2D eigenvalue weighted by molar-refractivity contribution is -0.148. The minimum Gasteiger partial charge on any atom is -0.460 e. The molecule has 0 bridgehead atoms. The molecule has 1 aromatic rings. The first kappa shape index (κ1) is 11.2. The number of ether oxygens (including phenoxy) is 1. The van der Waals surface area contributed by atoms with E-state index in [1.807, 2.05) is 6.92 Å². The molecule has 18 heavy (non-hydrogen) atoms. The highest BCUT2D eigenvalue weighted by molar-refractivity contribution is 5.96. The summed E-state index contributed by atoms with van der Waals surface area (Å²) in [6, 6.07) is 1.71. The van der Waals surface area contributed by atoms with Crippen LogP contribution in [0.4, 0.5) is 0 Å². The number of hydrogen-bond donors (Lipinski definition) is 0. The molecule has 0 radical (unpaired) electrons. The van der Waals surface area contributed by atoms with E-state index in [0.717, 1.165) is 0 Å². The van der Waals surface area contributed by atoms with Gasteiger partial charge in [0.15, 0.2) is 5.78 Å². The van der Waals surface area contributed by atoms with Crippen LogP contribution in [-0.2, 0) is 22.7 Å². The first-order valence-corrected chi connectivity index (χ1v) is 6.10. The lowest BCUT2D eigenvalue weighted by Gasteiger charge is -2.24. The van der Waals surface area contributed by atoms with Gasteiger partial charge in [-0.3, -0.25) is 14.4 Å². The van der Waals surface area contributed by atoms with Crippen LogP contribution in [0.5, 0.6) is 0 Å². The first-order chi connectivity index (χ1) is 8.63. The summed E-state index contributed by atoms with van der Waals surface area (Å²) in [4.78, 5) is 35.6. The van der Waals surface area contributed by atoms with Crippen molar-refractivity contribution in [3.63, 3.8) is 0 Å². The molecule has 2 aliphatic heterocycles. The van der Waals surface area contributed by atoms with Crippen molar-refractivity contribution in [3.05, 3.63) is 33.2 Å². The smallest absolute Gasteiger partial charge is 0.313 e. The molecule has 3 rings (SSSR count). The third-order valence-electron chi connectivity index (χ3n) is 3.71. The zero-order valence-corrected chi connectivity index (χ0v) is 10.1. The predicted octanol–water partition coefficient (Wildman–Crippen LogP) is 0.985. The van der Waals surface area contributed by atoms with Gasteiger partial charge in [-0.2, -0.15) is 0 Å². The standard InChI is InChI=1S/C13H13NO4/c1-2-7-8-5-10-11(15)3-4-14(10)12(16)9(8)6-18-13(7)17/h5,7H,2-4,6H2,1H3. The average Bonchev–Trinajstić information content (AvgIpc) is 2.72. The van der Waals surface area contributed by atoms with Gasteiger partial charge in [0, 0.05) is 13.0 Å². The lowest BCUT2D eigenvalue weighted by atomic mass is 9.90. The third-order valence-corrected chi connectivity index (χ3v) is 3.71. The van der Waals surface area contributed by atoms with Crippen LogP contribution in [0.25, 0.3) is 0 Å². The van der Waals surface area contributed by atoms with Crippen molar-refractivity contribution in [2.75, 3.05) is 0 Å². The molecule has 0 aromatic carbocycles. The van der Waals surface area contributed by atoms with Gasteiger partial charge in [0.2, 0.25) is 0 Å². The van der Waals surface area contributed by atoms with Crippen molar-refractivity contribution in [3.8, 4) is 0 Å². The maximum Gasteiger partial charge on any atom is 0.313 e. The first-order valence-electron chi connectivity index (χ1n) is 6.10. The molecule has 3 heterocycles. The highest BCUT2D eigenvalue weighted by Gasteiger charge is 2.33. The second-order valence-electron chi connectivity index (χ2n) is 4.66. The molecule has 94 valence electrons. The number of rotatable bonds is 1. The van der Waals surface area contributed by atoms with E-state index in [9.17, 15) is 14.4 Å². The normalized spacial score (nSPS) is 21.5. The molecule has 5 nitrogen and oxygen atoms in total. The number of cyclic esters (lactones) is 1. The van der Waals surface area contributed by atoms with Gasteiger partial charge < -0.3 is 9.30 Å². The van der Waals surface area contributed by atoms with Crippen LogP contribution in [-0.4, -0.2) is 16.3 Å². The van der Waals surface area contributed by atoms with Crippen molar-refractivity contribution in [1.29, 1.82) is 0 Å². The van der Waals surface area contributed by atoms with Crippen LogP contribution in [0.2, 0.25) is 0 Å². The van der Waals surface area contributed by atoms with Crippen molar-refractivity contribution < 1.29 is 14.3 Å². The van der Waals surface area contributed by atoms with E-state index in [1.54, 1.807) is 6.07 Å². The van der Waals surface area contributed by atoms with Crippen LogP contribution in [0.1, 0.15) is 47.3 Å². The summed E-state index contributed by atoms with van der Waals surface area (Å²) < 4.78 is 6.53. The Kier molecular flexibility index (Phi) is 2.36. The summed E-state index contributed by atoms with van der Waals surface area (Å²) in [5.74, 6) is -0.746. The molecule has 0 saturated heterocycles. The zero-order valence-electron chi connectivity index (χ0n) is 10.1. The fourth-order valence-corrected chi connectivity index (χ4v) is 2.72. The molecule has 1 atom stereocenters. The van der Waals surface area contributed by atoms with Crippen LogP contribution >= 0.6 is 0 Å². The Morgan fingerprint density at radius 2 is 2.17 bits per heavy atom. The Morgan fingerprint density at radius 1 is 1.39 bits per heavy atom. The van der Waals surface area contributed by atoms with Crippen molar-refractivity contribution in [1.82, 2.24) is 4.57 Å². The molecule has 5 heteroatoms. The number of nitrogens with zero attached hydrogens (tertiary/aromatic N) is 1. The molecule has 0 N–H and O–H groups in total. The number of Topliss-reactive ketones (excluding diaryl/α,β-unsaturated/α-hetero) is 1. The summed E-state index contributed by atoms with van der Waals surface area (Å²) in [5, 5.41) is 0. The number of hydrogen-bond acceptors (Lipinski definition) is 4. The molecule has 0 fully saturated rings. The number of carbonyl (C=O) groups is 2. The van der Waals surface area contributed by atoms with Gasteiger partial charge in [-0.05, 0) is 18.1 Å². The Morgan fingerprint density at radius 3 is 2.89 bits per heavy atom. The highest BCUT2D eigenvalue weighted by Crippen LogP contribution is 2.30. The van der Waals surface area contributed by atoms with E-state index in [-0.39, 0.29) is 23.9 Å². The molecular weight excluding hydrogens is 234 g/mol. The van der Waals surface area contributed by atoms with Crippen molar-refractivity contribution >= 4 is 11.8 Å². The van der Waals surface area contributed by atoms with Crippen LogP contribution < -0.4 is 5.56 Å². The second kappa shape index (κ2) is 3.80. The van der Waals surface area contributed by atoms with Gasteiger partial charge in [0.1, 0.15) is 6.61 Å². The Balaban J connectivity index is 2.27. The average molecular weight is 247 g/mol. The molecular formula is C13H13NO4. The zero-order chi connectivity index (χ0) is 12.9. The van der Waals surface area contributed by atoms with Crippen molar-refractivity contribution in [2.24, 2.45) is 0 Å². The number of pyridine rings is 1. The van der Waals surface area contributed by atoms with E-state index in [2.05, 4.69) is 0 Å². The predicted molar refractivity (Wildman–Crippen MR) is 62.5 cm³/mol. The quantitative estimate of drug-likeness (QED) is 0.694. The topological polar surface area (TPSA) is 65.4 Å². The highest BCUT2D eigenvalue weighted by atomic mass is 16.5.